The van der Waals surface area contributed by atoms with E-state index in [0.29, 0.717) is 0 Å². The van der Waals surface area contributed by atoms with E-state index in [1.54, 1.807) is 24.3 Å². The molecule has 3 N–H and O–H groups in total. The Hall–Kier alpha value is -3.93. The van der Waals surface area contributed by atoms with Gasteiger partial charge in [0.1, 0.15) is 5.75 Å². The maximum Gasteiger partial charge on any atom is 0.237 e. The third kappa shape index (κ3) is 2.31. The average Bonchev–Trinajstić information content (AvgIpc) is 2.70. The molecule has 6 nitrogen and oxygen atoms in total. The molecule has 0 bridgehead atoms. The van der Waals surface area contributed by atoms with E-state index in [9.17, 15) is 29.7 Å². The van der Waals surface area contributed by atoms with E-state index in [1.807, 2.05) is 0 Å². The molecular weight excluding hydrogens is 348 g/mol. The number of carbonyl (C=O) groups is 3. The van der Waals surface area contributed by atoms with Crippen LogP contribution < -0.4 is 0 Å². The molecule has 4 rings (SSSR count). The van der Waals surface area contributed by atoms with Crippen molar-refractivity contribution in [2.45, 2.75) is 0 Å². The van der Waals surface area contributed by atoms with Crippen molar-refractivity contribution in [1.29, 1.82) is 0 Å². The summed E-state index contributed by atoms with van der Waals surface area (Å²) in [5.41, 5.74) is -0.717. The minimum absolute atomic E-state index is 0.0134. The number of rotatable bonds is 1. The lowest BCUT2D eigenvalue weighted by Gasteiger charge is -2.16. The molecular formula is C21H12O6. The van der Waals surface area contributed by atoms with Crippen molar-refractivity contribution < 1.29 is 29.7 Å². The van der Waals surface area contributed by atoms with Gasteiger partial charge in [0.25, 0.3) is 0 Å². The number of ketones is 3. The molecule has 0 radical (unpaired) electrons. The average molecular weight is 360 g/mol. The third-order valence-corrected chi connectivity index (χ3v) is 4.57. The van der Waals surface area contributed by atoms with Crippen LogP contribution in [0.25, 0.3) is 16.8 Å². The Labute approximate surface area is 152 Å². The molecule has 0 aliphatic heterocycles. The first-order valence-electron chi connectivity index (χ1n) is 8.02. The summed E-state index contributed by atoms with van der Waals surface area (Å²) in [5, 5.41) is 31.4. The summed E-state index contributed by atoms with van der Waals surface area (Å²) in [6, 6.07) is 12.2. The molecule has 1 aliphatic rings. The standard InChI is InChI=1S/C21H12O6/c22-16-10-5-1-3-7-12(10)18(24)20(26)14(16)9-15-17(23)11-6-2-4-8-13(11)19(25)21(15)27/h1-9,22,24,26H. The Kier molecular flexibility index (Phi) is 3.56. The van der Waals surface area contributed by atoms with Crippen molar-refractivity contribution >= 4 is 34.2 Å². The molecule has 0 heterocycles. The van der Waals surface area contributed by atoms with Gasteiger partial charge in [0, 0.05) is 21.9 Å². The Bertz CT molecular complexity index is 1200. The molecule has 0 unspecified atom stereocenters. The Balaban J connectivity index is 1.99. The molecule has 3 aromatic rings. The van der Waals surface area contributed by atoms with Gasteiger partial charge in [-0.3, -0.25) is 14.4 Å². The van der Waals surface area contributed by atoms with Gasteiger partial charge < -0.3 is 15.3 Å². The summed E-state index contributed by atoms with van der Waals surface area (Å²) in [4.78, 5) is 37.4. The highest BCUT2D eigenvalue weighted by Crippen LogP contribution is 2.45. The normalized spacial score (nSPS) is 15.4. The number of allylic oxidation sites excluding steroid dienone is 1. The topological polar surface area (TPSA) is 112 Å². The smallest absolute Gasteiger partial charge is 0.237 e. The summed E-state index contributed by atoms with van der Waals surface area (Å²) in [6.45, 7) is 0. The zero-order valence-corrected chi connectivity index (χ0v) is 13.8. The summed E-state index contributed by atoms with van der Waals surface area (Å²) in [6.07, 6.45) is 0.940. The van der Waals surface area contributed by atoms with Crippen LogP contribution in [0.4, 0.5) is 0 Å². The molecule has 3 aromatic carbocycles. The van der Waals surface area contributed by atoms with E-state index in [-0.39, 0.29) is 27.5 Å². The second kappa shape index (κ2) is 5.81. The molecule has 0 atom stereocenters. The maximum atomic E-state index is 12.7. The minimum atomic E-state index is -1.04. The lowest BCUT2D eigenvalue weighted by molar-refractivity contribution is -0.111. The zero-order valence-electron chi connectivity index (χ0n) is 13.8. The van der Waals surface area contributed by atoms with Gasteiger partial charge in [-0.15, -0.1) is 0 Å². The quantitative estimate of drug-likeness (QED) is 0.202. The summed E-state index contributed by atoms with van der Waals surface area (Å²) in [7, 11) is 0. The van der Waals surface area contributed by atoms with Crippen molar-refractivity contribution in [3.8, 4) is 17.2 Å². The largest absolute Gasteiger partial charge is 0.507 e. The highest BCUT2D eigenvalue weighted by Gasteiger charge is 2.36. The molecule has 1 aliphatic carbocycles. The van der Waals surface area contributed by atoms with E-state index < -0.39 is 40.2 Å². The van der Waals surface area contributed by atoms with E-state index in [4.69, 9.17) is 0 Å². The molecule has 0 fully saturated rings. The van der Waals surface area contributed by atoms with Gasteiger partial charge in [-0.05, 0) is 6.08 Å². The van der Waals surface area contributed by atoms with Crippen molar-refractivity contribution in [2.24, 2.45) is 0 Å². The van der Waals surface area contributed by atoms with Crippen LogP contribution in [0.2, 0.25) is 0 Å². The predicted octanol–water partition coefficient (Wildman–Crippen LogP) is 2.99. The summed E-state index contributed by atoms with van der Waals surface area (Å²) < 4.78 is 0. The minimum Gasteiger partial charge on any atom is -0.507 e. The van der Waals surface area contributed by atoms with Gasteiger partial charge in [-0.1, -0.05) is 48.5 Å². The van der Waals surface area contributed by atoms with Crippen LogP contribution in [0.1, 0.15) is 26.3 Å². The number of carbonyl (C=O) groups excluding carboxylic acids is 3. The Morgan fingerprint density at radius 3 is 1.74 bits per heavy atom. The van der Waals surface area contributed by atoms with Gasteiger partial charge >= 0.3 is 0 Å². The van der Waals surface area contributed by atoms with Crippen LogP contribution in [0.3, 0.4) is 0 Å². The number of phenolic OH excluding ortho intramolecular Hbond substituents is 3. The molecule has 0 saturated heterocycles. The van der Waals surface area contributed by atoms with E-state index in [1.165, 1.54) is 24.3 Å². The van der Waals surface area contributed by atoms with Crippen molar-refractivity contribution in [3.63, 3.8) is 0 Å². The molecule has 0 amide bonds. The lowest BCUT2D eigenvalue weighted by Crippen LogP contribution is -2.29. The van der Waals surface area contributed by atoms with E-state index >= 15 is 0 Å². The molecule has 0 aromatic heterocycles. The number of hydrogen-bond donors (Lipinski definition) is 3. The fourth-order valence-corrected chi connectivity index (χ4v) is 3.19. The highest BCUT2D eigenvalue weighted by atomic mass is 16.3. The third-order valence-electron chi connectivity index (χ3n) is 4.57. The monoisotopic (exact) mass is 360 g/mol. The predicted molar refractivity (Wildman–Crippen MR) is 97.0 cm³/mol. The van der Waals surface area contributed by atoms with Gasteiger partial charge in [0.15, 0.2) is 17.3 Å². The molecule has 6 heteroatoms. The first-order chi connectivity index (χ1) is 12.9. The molecule has 0 spiro atoms. The fourth-order valence-electron chi connectivity index (χ4n) is 3.19. The van der Waals surface area contributed by atoms with Crippen LogP contribution in [-0.2, 0) is 4.79 Å². The van der Waals surface area contributed by atoms with Gasteiger partial charge in [0.2, 0.25) is 11.6 Å². The number of fused-ring (bicyclic) bond motifs is 2. The Morgan fingerprint density at radius 2 is 1.11 bits per heavy atom. The summed E-state index contributed by atoms with van der Waals surface area (Å²) >= 11 is 0. The second-order valence-corrected chi connectivity index (χ2v) is 6.10. The zero-order chi connectivity index (χ0) is 19.3. The number of Topliss-reactive ketones (excluding diaryl/α,β-unsaturated/α-hetero) is 3. The van der Waals surface area contributed by atoms with Crippen molar-refractivity contribution in [1.82, 2.24) is 0 Å². The second-order valence-electron chi connectivity index (χ2n) is 6.10. The Morgan fingerprint density at radius 1 is 0.593 bits per heavy atom. The SMILES string of the molecule is O=C1C(=O)c2ccccc2C(=O)C1=Cc1c(O)c(O)c2ccccc2c1O. The maximum absolute atomic E-state index is 12.7. The first-order valence-corrected chi connectivity index (χ1v) is 8.02. The number of hydrogen-bond acceptors (Lipinski definition) is 6. The first kappa shape index (κ1) is 16.5. The molecule has 132 valence electrons. The van der Waals surface area contributed by atoms with Gasteiger partial charge in [0.05, 0.1) is 11.1 Å². The fraction of sp³-hybridized carbons (Fsp3) is 0. The lowest BCUT2D eigenvalue weighted by atomic mass is 9.84. The number of phenols is 3. The van der Waals surface area contributed by atoms with Crippen LogP contribution in [0.5, 0.6) is 17.2 Å². The number of aromatic hydroxyl groups is 3. The van der Waals surface area contributed by atoms with Crippen LogP contribution >= 0.6 is 0 Å². The van der Waals surface area contributed by atoms with Crippen molar-refractivity contribution in [3.05, 3.63) is 70.8 Å². The van der Waals surface area contributed by atoms with Gasteiger partial charge in [-0.25, -0.2) is 0 Å². The van der Waals surface area contributed by atoms with Crippen LogP contribution in [0, 0.1) is 0 Å². The summed E-state index contributed by atoms with van der Waals surface area (Å²) in [5.74, 6) is -4.18. The van der Waals surface area contributed by atoms with Crippen molar-refractivity contribution in [2.75, 3.05) is 0 Å². The van der Waals surface area contributed by atoms with E-state index in [0.717, 1.165) is 6.08 Å². The number of benzene rings is 3. The van der Waals surface area contributed by atoms with Crippen LogP contribution in [0.15, 0.2) is 54.1 Å². The van der Waals surface area contributed by atoms with Gasteiger partial charge in [-0.2, -0.15) is 0 Å². The van der Waals surface area contributed by atoms with E-state index in [2.05, 4.69) is 0 Å². The molecule has 27 heavy (non-hydrogen) atoms. The van der Waals surface area contributed by atoms with Crippen LogP contribution in [-0.4, -0.2) is 32.7 Å². The highest BCUT2D eigenvalue weighted by molar-refractivity contribution is 6.60. The molecule has 0 saturated carbocycles.